The van der Waals surface area contributed by atoms with Gasteiger partial charge in [-0.05, 0) is 36.9 Å². The molecular formula is C17H15ClO2. The molecule has 0 amide bonds. The first-order chi connectivity index (χ1) is 9.58. The van der Waals surface area contributed by atoms with Crippen LogP contribution >= 0.6 is 11.6 Å². The Balaban J connectivity index is 2.20. The number of hydrogen-bond donors (Lipinski definition) is 1. The predicted octanol–water partition coefficient (Wildman–Crippen LogP) is 4.78. The SMILES string of the molecule is Cc1cc(C(O)c2ccc(Cl)c3ccccc23)c(C)o1. The van der Waals surface area contributed by atoms with Gasteiger partial charge < -0.3 is 9.52 Å². The van der Waals surface area contributed by atoms with Gasteiger partial charge in [0.25, 0.3) is 0 Å². The molecule has 20 heavy (non-hydrogen) atoms. The third-order valence-corrected chi connectivity index (χ3v) is 3.90. The van der Waals surface area contributed by atoms with Crippen molar-refractivity contribution in [2.45, 2.75) is 20.0 Å². The number of aryl methyl sites for hydroxylation is 2. The molecule has 1 unspecified atom stereocenters. The summed E-state index contributed by atoms with van der Waals surface area (Å²) in [7, 11) is 0. The lowest BCUT2D eigenvalue weighted by Crippen LogP contribution is -2.01. The van der Waals surface area contributed by atoms with E-state index in [-0.39, 0.29) is 0 Å². The molecule has 2 aromatic carbocycles. The molecule has 102 valence electrons. The van der Waals surface area contributed by atoms with Crippen LogP contribution in [0.5, 0.6) is 0 Å². The molecule has 0 aliphatic carbocycles. The minimum Gasteiger partial charge on any atom is -0.466 e. The summed E-state index contributed by atoms with van der Waals surface area (Å²) in [6, 6.07) is 13.4. The van der Waals surface area contributed by atoms with E-state index in [4.69, 9.17) is 16.0 Å². The minimum atomic E-state index is -0.713. The first-order valence-electron chi connectivity index (χ1n) is 6.50. The van der Waals surface area contributed by atoms with Crippen LogP contribution in [0.15, 0.2) is 46.9 Å². The molecule has 1 N–H and O–H groups in total. The van der Waals surface area contributed by atoms with Gasteiger partial charge in [0.2, 0.25) is 0 Å². The van der Waals surface area contributed by atoms with E-state index in [2.05, 4.69) is 0 Å². The van der Waals surface area contributed by atoms with Crippen molar-refractivity contribution in [3.63, 3.8) is 0 Å². The fraction of sp³-hybridized carbons (Fsp3) is 0.176. The van der Waals surface area contributed by atoms with Crippen LogP contribution in [0.25, 0.3) is 10.8 Å². The van der Waals surface area contributed by atoms with Gasteiger partial charge in [0.15, 0.2) is 0 Å². The zero-order valence-corrected chi connectivity index (χ0v) is 12.1. The summed E-state index contributed by atoms with van der Waals surface area (Å²) in [6.45, 7) is 3.74. The molecule has 0 saturated heterocycles. The lowest BCUT2D eigenvalue weighted by atomic mass is 9.96. The molecule has 1 aromatic heterocycles. The van der Waals surface area contributed by atoms with Crippen LogP contribution in [0.3, 0.4) is 0 Å². The average Bonchev–Trinajstić information content (AvgIpc) is 2.78. The van der Waals surface area contributed by atoms with Gasteiger partial charge in [0.05, 0.1) is 0 Å². The molecule has 0 aliphatic rings. The fourth-order valence-electron chi connectivity index (χ4n) is 2.61. The number of aliphatic hydroxyl groups is 1. The second kappa shape index (κ2) is 4.97. The summed E-state index contributed by atoms with van der Waals surface area (Å²) in [5.41, 5.74) is 1.64. The van der Waals surface area contributed by atoms with Gasteiger partial charge >= 0.3 is 0 Å². The normalized spacial score (nSPS) is 12.8. The Morgan fingerprint density at radius 2 is 1.70 bits per heavy atom. The van der Waals surface area contributed by atoms with Gasteiger partial charge in [-0.15, -0.1) is 0 Å². The van der Waals surface area contributed by atoms with E-state index in [1.807, 2.05) is 56.3 Å². The summed E-state index contributed by atoms with van der Waals surface area (Å²) < 4.78 is 5.51. The standard InChI is InChI=1S/C17H15ClO2/c1-10-9-15(11(2)20-10)17(19)14-7-8-16(18)13-6-4-3-5-12(13)14/h3-9,17,19H,1-2H3. The Bertz CT molecular complexity index is 774. The smallest absolute Gasteiger partial charge is 0.108 e. The Hall–Kier alpha value is -1.77. The van der Waals surface area contributed by atoms with Gasteiger partial charge in [-0.25, -0.2) is 0 Å². The molecule has 3 aromatic rings. The van der Waals surface area contributed by atoms with Crippen LogP contribution in [-0.2, 0) is 0 Å². The lowest BCUT2D eigenvalue weighted by molar-refractivity contribution is 0.219. The van der Waals surface area contributed by atoms with E-state index < -0.39 is 6.10 Å². The molecule has 3 heteroatoms. The second-order valence-corrected chi connectivity index (χ2v) is 5.36. The molecule has 0 fully saturated rings. The highest BCUT2D eigenvalue weighted by Gasteiger charge is 2.19. The maximum atomic E-state index is 10.7. The molecule has 0 radical (unpaired) electrons. The van der Waals surface area contributed by atoms with Crippen LogP contribution in [-0.4, -0.2) is 5.11 Å². The molecule has 2 nitrogen and oxygen atoms in total. The number of furan rings is 1. The summed E-state index contributed by atoms with van der Waals surface area (Å²) in [5.74, 6) is 1.55. The highest BCUT2D eigenvalue weighted by molar-refractivity contribution is 6.35. The van der Waals surface area contributed by atoms with Crippen molar-refractivity contribution >= 4 is 22.4 Å². The van der Waals surface area contributed by atoms with Gasteiger partial charge in [-0.1, -0.05) is 41.9 Å². The monoisotopic (exact) mass is 286 g/mol. The van der Waals surface area contributed by atoms with Crippen molar-refractivity contribution in [3.05, 3.63) is 70.1 Å². The number of benzene rings is 2. The average molecular weight is 287 g/mol. The highest BCUT2D eigenvalue weighted by Crippen LogP contribution is 2.34. The number of aliphatic hydroxyl groups excluding tert-OH is 1. The van der Waals surface area contributed by atoms with E-state index in [9.17, 15) is 5.11 Å². The summed E-state index contributed by atoms with van der Waals surface area (Å²) in [5, 5.41) is 13.3. The van der Waals surface area contributed by atoms with Gasteiger partial charge in [-0.3, -0.25) is 0 Å². The van der Waals surface area contributed by atoms with Crippen LogP contribution in [0, 0.1) is 13.8 Å². The summed E-state index contributed by atoms with van der Waals surface area (Å²) in [4.78, 5) is 0. The molecule has 0 aliphatic heterocycles. The van der Waals surface area contributed by atoms with Crippen molar-refractivity contribution in [1.82, 2.24) is 0 Å². The molecule has 1 heterocycles. The fourth-order valence-corrected chi connectivity index (χ4v) is 2.84. The first kappa shape index (κ1) is 13.2. The Labute approximate surface area is 122 Å². The quantitative estimate of drug-likeness (QED) is 0.735. The third kappa shape index (κ3) is 2.11. The van der Waals surface area contributed by atoms with Crippen molar-refractivity contribution in [1.29, 1.82) is 0 Å². The van der Waals surface area contributed by atoms with Gasteiger partial charge in [0, 0.05) is 16.0 Å². The van der Waals surface area contributed by atoms with E-state index in [0.717, 1.165) is 33.4 Å². The lowest BCUT2D eigenvalue weighted by Gasteiger charge is -2.14. The van der Waals surface area contributed by atoms with Crippen molar-refractivity contribution in [2.75, 3.05) is 0 Å². The number of rotatable bonds is 2. The van der Waals surface area contributed by atoms with E-state index in [1.54, 1.807) is 0 Å². The highest BCUT2D eigenvalue weighted by atomic mass is 35.5. The van der Waals surface area contributed by atoms with E-state index >= 15 is 0 Å². The van der Waals surface area contributed by atoms with Crippen LogP contribution in [0.4, 0.5) is 0 Å². The zero-order chi connectivity index (χ0) is 14.3. The Kier molecular flexibility index (Phi) is 3.28. The number of hydrogen-bond acceptors (Lipinski definition) is 2. The van der Waals surface area contributed by atoms with Crippen LogP contribution in [0.2, 0.25) is 5.02 Å². The van der Waals surface area contributed by atoms with Crippen molar-refractivity contribution < 1.29 is 9.52 Å². The predicted molar refractivity (Wildman–Crippen MR) is 81.2 cm³/mol. The number of halogens is 1. The number of fused-ring (bicyclic) bond motifs is 1. The van der Waals surface area contributed by atoms with Crippen LogP contribution < -0.4 is 0 Å². The Morgan fingerprint density at radius 3 is 2.35 bits per heavy atom. The van der Waals surface area contributed by atoms with E-state index in [1.165, 1.54) is 0 Å². The van der Waals surface area contributed by atoms with Gasteiger partial charge in [-0.2, -0.15) is 0 Å². The topological polar surface area (TPSA) is 33.4 Å². The molecule has 3 rings (SSSR count). The third-order valence-electron chi connectivity index (χ3n) is 3.57. The molecule has 0 bridgehead atoms. The summed E-state index contributed by atoms with van der Waals surface area (Å²) >= 11 is 6.21. The second-order valence-electron chi connectivity index (χ2n) is 4.95. The Morgan fingerprint density at radius 1 is 1.00 bits per heavy atom. The van der Waals surface area contributed by atoms with Crippen molar-refractivity contribution in [3.8, 4) is 0 Å². The molecule has 1 atom stereocenters. The summed E-state index contributed by atoms with van der Waals surface area (Å²) in [6.07, 6.45) is -0.713. The maximum Gasteiger partial charge on any atom is 0.108 e. The minimum absolute atomic E-state index is 0.691. The molecular weight excluding hydrogens is 272 g/mol. The van der Waals surface area contributed by atoms with Gasteiger partial charge in [0.1, 0.15) is 17.6 Å². The first-order valence-corrected chi connectivity index (χ1v) is 6.88. The largest absolute Gasteiger partial charge is 0.466 e. The molecule has 0 spiro atoms. The maximum absolute atomic E-state index is 10.7. The molecule has 0 saturated carbocycles. The van der Waals surface area contributed by atoms with Crippen LogP contribution in [0.1, 0.15) is 28.8 Å². The zero-order valence-electron chi connectivity index (χ0n) is 11.4. The van der Waals surface area contributed by atoms with Crippen molar-refractivity contribution in [2.24, 2.45) is 0 Å². The van der Waals surface area contributed by atoms with E-state index in [0.29, 0.717) is 5.02 Å².